The fraction of sp³-hybridized carbons (Fsp3) is 0.571. The molecule has 1 saturated heterocycles. The molecular weight excluding hydrogens is 250 g/mol. The van der Waals surface area contributed by atoms with Crippen molar-refractivity contribution in [1.82, 2.24) is 5.32 Å². The minimum atomic E-state index is -0.554. The van der Waals surface area contributed by atoms with Crippen molar-refractivity contribution in [2.75, 3.05) is 24.5 Å². The van der Waals surface area contributed by atoms with Crippen molar-refractivity contribution in [2.45, 2.75) is 32.4 Å². The summed E-state index contributed by atoms with van der Waals surface area (Å²) in [7, 11) is 0. The van der Waals surface area contributed by atoms with Crippen LogP contribution in [0.4, 0.5) is 14.5 Å². The number of piperidine rings is 1. The van der Waals surface area contributed by atoms with E-state index >= 15 is 0 Å². The SMILES string of the molecule is CCNCc1cc(F)c(N2CCCC(O)C2)c(F)c1. The van der Waals surface area contributed by atoms with Crippen molar-refractivity contribution >= 4 is 5.69 Å². The van der Waals surface area contributed by atoms with Gasteiger partial charge in [0.15, 0.2) is 0 Å². The van der Waals surface area contributed by atoms with Crippen LogP contribution in [0.5, 0.6) is 0 Å². The summed E-state index contributed by atoms with van der Waals surface area (Å²) in [6.45, 7) is 4.02. The van der Waals surface area contributed by atoms with Gasteiger partial charge in [-0.05, 0) is 37.1 Å². The standard InChI is InChI=1S/C14H20F2N2O/c1-2-17-8-10-6-12(15)14(13(16)7-10)18-5-3-4-11(19)9-18/h6-7,11,17,19H,2-5,8-9H2,1H3. The molecule has 0 spiro atoms. The third-order valence-corrected chi connectivity index (χ3v) is 3.37. The molecule has 0 aromatic heterocycles. The van der Waals surface area contributed by atoms with E-state index in [1.54, 1.807) is 4.90 Å². The van der Waals surface area contributed by atoms with Crippen LogP contribution in [0.25, 0.3) is 0 Å². The number of β-amino-alcohol motifs (C(OH)–C–C–N with tert-alkyl or cyclic N) is 1. The summed E-state index contributed by atoms with van der Waals surface area (Å²) in [6.07, 6.45) is 0.936. The summed E-state index contributed by atoms with van der Waals surface area (Å²) in [5.41, 5.74) is 0.581. The molecule has 2 N–H and O–H groups in total. The van der Waals surface area contributed by atoms with Crippen LogP contribution in [0.15, 0.2) is 12.1 Å². The van der Waals surface area contributed by atoms with Crippen LogP contribution < -0.4 is 10.2 Å². The van der Waals surface area contributed by atoms with E-state index in [2.05, 4.69) is 5.32 Å². The molecule has 1 fully saturated rings. The molecule has 2 rings (SSSR count). The highest BCUT2D eigenvalue weighted by Crippen LogP contribution is 2.27. The number of rotatable bonds is 4. The first-order valence-corrected chi connectivity index (χ1v) is 6.73. The van der Waals surface area contributed by atoms with E-state index < -0.39 is 17.7 Å². The summed E-state index contributed by atoms with van der Waals surface area (Å²) in [5.74, 6) is -1.11. The third kappa shape index (κ3) is 3.42. The van der Waals surface area contributed by atoms with E-state index in [1.807, 2.05) is 6.92 Å². The van der Waals surface area contributed by atoms with Gasteiger partial charge < -0.3 is 15.3 Å². The Hall–Kier alpha value is -1.20. The quantitative estimate of drug-likeness (QED) is 0.879. The number of aliphatic hydroxyl groups is 1. The average molecular weight is 270 g/mol. The Morgan fingerprint density at radius 3 is 2.63 bits per heavy atom. The van der Waals surface area contributed by atoms with Gasteiger partial charge in [0.05, 0.1) is 6.10 Å². The molecule has 0 saturated carbocycles. The first-order chi connectivity index (χ1) is 9.11. The predicted octanol–water partition coefficient (Wildman–Crippen LogP) is 2.04. The van der Waals surface area contributed by atoms with E-state index in [4.69, 9.17) is 0 Å². The summed E-state index contributed by atoms with van der Waals surface area (Å²) in [4.78, 5) is 1.59. The molecule has 0 aliphatic carbocycles. The second kappa shape index (κ2) is 6.30. The fourth-order valence-electron chi connectivity index (χ4n) is 2.45. The van der Waals surface area contributed by atoms with Crippen LogP contribution in [-0.2, 0) is 6.54 Å². The van der Waals surface area contributed by atoms with Gasteiger partial charge in [-0.15, -0.1) is 0 Å². The number of halogens is 2. The minimum Gasteiger partial charge on any atom is -0.391 e. The Bertz CT molecular complexity index is 416. The van der Waals surface area contributed by atoms with E-state index in [0.29, 0.717) is 31.6 Å². The lowest BCUT2D eigenvalue weighted by atomic mass is 10.1. The van der Waals surface area contributed by atoms with Crippen LogP contribution in [0.3, 0.4) is 0 Å². The number of benzene rings is 1. The highest BCUT2D eigenvalue weighted by Gasteiger charge is 2.23. The highest BCUT2D eigenvalue weighted by molar-refractivity contribution is 5.51. The number of aliphatic hydroxyl groups excluding tert-OH is 1. The van der Waals surface area contributed by atoms with Crippen molar-refractivity contribution in [3.8, 4) is 0 Å². The fourth-order valence-corrected chi connectivity index (χ4v) is 2.45. The van der Waals surface area contributed by atoms with Gasteiger partial charge in [0.1, 0.15) is 17.3 Å². The zero-order valence-corrected chi connectivity index (χ0v) is 11.1. The summed E-state index contributed by atoms with van der Waals surface area (Å²) < 4.78 is 28.1. The van der Waals surface area contributed by atoms with Crippen LogP contribution >= 0.6 is 0 Å². The van der Waals surface area contributed by atoms with Crippen molar-refractivity contribution in [3.05, 3.63) is 29.3 Å². The smallest absolute Gasteiger partial charge is 0.149 e. The topological polar surface area (TPSA) is 35.5 Å². The molecule has 0 bridgehead atoms. The van der Waals surface area contributed by atoms with Gasteiger partial charge in [-0.3, -0.25) is 0 Å². The molecule has 106 valence electrons. The molecule has 0 radical (unpaired) electrons. The molecule has 1 unspecified atom stereocenters. The van der Waals surface area contributed by atoms with Crippen molar-refractivity contribution in [1.29, 1.82) is 0 Å². The van der Waals surface area contributed by atoms with E-state index in [-0.39, 0.29) is 5.69 Å². The Balaban J connectivity index is 2.20. The molecule has 1 aromatic rings. The lowest BCUT2D eigenvalue weighted by molar-refractivity contribution is 0.153. The number of nitrogens with zero attached hydrogens (tertiary/aromatic N) is 1. The van der Waals surface area contributed by atoms with Gasteiger partial charge in [-0.25, -0.2) is 8.78 Å². The van der Waals surface area contributed by atoms with Crippen molar-refractivity contribution < 1.29 is 13.9 Å². The Morgan fingerprint density at radius 1 is 1.37 bits per heavy atom. The molecule has 1 aliphatic rings. The normalized spacial score (nSPS) is 19.8. The number of anilines is 1. The lowest BCUT2D eigenvalue weighted by Crippen LogP contribution is -2.39. The van der Waals surface area contributed by atoms with Crippen molar-refractivity contribution in [2.24, 2.45) is 0 Å². The summed E-state index contributed by atoms with van der Waals surface area (Å²) >= 11 is 0. The van der Waals surface area contributed by atoms with E-state index in [0.717, 1.165) is 13.0 Å². The van der Waals surface area contributed by atoms with Crippen LogP contribution in [0.2, 0.25) is 0 Å². The van der Waals surface area contributed by atoms with Crippen LogP contribution in [0, 0.1) is 11.6 Å². The highest BCUT2D eigenvalue weighted by atomic mass is 19.1. The van der Waals surface area contributed by atoms with Crippen LogP contribution in [-0.4, -0.2) is 30.8 Å². The zero-order valence-electron chi connectivity index (χ0n) is 11.1. The maximum absolute atomic E-state index is 14.1. The summed E-state index contributed by atoms with van der Waals surface area (Å²) in [6, 6.07) is 2.73. The van der Waals surface area contributed by atoms with Crippen LogP contribution in [0.1, 0.15) is 25.3 Å². The second-order valence-corrected chi connectivity index (χ2v) is 4.93. The largest absolute Gasteiger partial charge is 0.391 e. The predicted molar refractivity (Wildman–Crippen MR) is 71.2 cm³/mol. The first kappa shape index (κ1) is 14.2. The van der Waals surface area contributed by atoms with Gasteiger partial charge in [0.2, 0.25) is 0 Å². The summed E-state index contributed by atoms with van der Waals surface area (Å²) in [5, 5.41) is 12.6. The minimum absolute atomic E-state index is 0.0148. The van der Waals surface area contributed by atoms with Gasteiger partial charge in [-0.2, -0.15) is 0 Å². The maximum Gasteiger partial charge on any atom is 0.149 e. The molecule has 5 heteroatoms. The second-order valence-electron chi connectivity index (χ2n) is 4.93. The number of nitrogens with one attached hydrogen (secondary N) is 1. The molecule has 1 atom stereocenters. The number of hydrogen-bond donors (Lipinski definition) is 2. The first-order valence-electron chi connectivity index (χ1n) is 6.73. The Kier molecular flexibility index (Phi) is 4.71. The molecule has 0 amide bonds. The molecule has 3 nitrogen and oxygen atoms in total. The van der Waals surface area contributed by atoms with Gasteiger partial charge in [-0.1, -0.05) is 6.92 Å². The Morgan fingerprint density at radius 2 is 2.05 bits per heavy atom. The van der Waals surface area contributed by atoms with E-state index in [1.165, 1.54) is 12.1 Å². The average Bonchev–Trinajstić information content (AvgIpc) is 2.35. The molecule has 1 aromatic carbocycles. The molecule has 1 heterocycles. The monoisotopic (exact) mass is 270 g/mol. The van der Waals surface area contributed by atoms with Gasteiger partial charge in [0.25, 0.3) is 0 Å². The van der Waals surface area contributed by atoms with Crippen molar-refractivity contribution in [3.63, 3.8) is 0 Å². The number of hydrogen-bond acceptors (Lipinski definition) is 3. The van der Waals surface area contributed by atoms with E-state index in [9.17, 15) is 13.9 Å². The lowest BCUT2D eigenvalue weighted by Gasteiger charge is -2.32. The van der Waals surface area contributed by atoms with Gasteiger partial charge >= 0.3 is 0 Å². The Labute approximate surface area is 112 Å². The molecular formula is C14H20F2N2O. The zero-order chi connectivity index (χ0) is 13.8. The van der Waals surface area contributed by atoms with Gasteiger partial charge in [0, 0.05) is 19.6 Å². The maximum atomic E-state index is 14.1. The molecule has 1 aliphatic heterocycles. The third-order valence-electron chi connectivity index (χ3n) is 3.37. The molecule has 19 heavy (non-hydrogen) atoms.